The summed E-state index contributed by atoms with van der Waals surface area (Å²) < 4.78 is 19.1. The molecular weight excluding hydrogens is 369 g/mol. The molecule has 29 heavy (non-hydrogen) atoms. The average molecular weight is 387 g/mol. The number of aryl methyl sites for hydroxylation is 2. The number of benzene rings is 2. The van der Waals surface area contributed by atoms with Crippen LogP contribution in [-0.4, -0.2) is 16.0 Å². The summed E-state index contributed by atoms with van der Waals surface area (Å²) >= 11 is 0. The predicted molar refractivity (Wildman–Crippen MR) is 109 cm³/mol. The molecule has 0 fully saturated rings. The second-order valence-corrected chi connectivity index (χ2v) is 6.75. The van der Waals surface area contributed by atoms with E-state index in [1.807, 2.05) is 44.2 Å². The third kappa shape index (κ3) is 3.91. The summed E-state index contributed by atoms with van der Waals surface area (Å²) in [4.78, 5) is 15.9. The highest BCUT2D eigenvalue weighted by molar-refractivity contribution is 6.04. The fraction of sp³-hybridized carbons (Fsp3) is 0.0870. The Hall–Kier alpha value is -3.80. The number of carbonyl (C=O) groups excluding carboxylic acids is 1. The van der Waals surface area contributed by atoms with Crippen molar-refractivity contribution in [2.75, 3.05) is 5.32 Å². The molecule has 0 saturated carbocycles. The molecule has 0 radical (unpaired) electrons. The Morgan fingerprint density at radius 3 is 2.45 bits per heavy atom. The van der Waals surface area contributed by atoms with Gasteiger partial charge in [-0.05, 0) is 54.8 Å². The first-order valence-corrected chi connectivity index (χ1v) is 9.07. The maximum atomic E-state index is 13.7. The Morgan fingerprint density at radius 2 is 1.76 bits per heavy atom. The molecule has 0 spiro atoms. The average Bonchev–Trinajstić information content (AvgIpc) is 3.16. The third-order valence-electron chi connectivity index (χ3n) is 4.62. The number of aromatic nitrogens is 2. The van der Waals surface area contributed by atoms with Crippen LogP contribution in [0.1, 0.15) is 21.6 Å². The van der Waals surface area contributed by atoms with E-state index in [0.29, 0.717) is 11.4 Å². The zero-order valence-electron chi connectivity index (χ0n) is 15.9. The van der Waals surface area contributed by atoms with Crippen molar-refractivity contribution in [2.45, 2.75) is 13.8 Å². The van der Waals surface area contributed by atoms with Crippen molar-refractivity contribution in [3.63, 3.8) is 0 Å². The molecule has 4 rings (SSSR count). The lowest BCUT2D eigenvalue weighted by Gasteiger charge is -2.10. The second kappa shape index (κ2) is 7.67. The zero-order chi connectivity index (χ0) is 20.4. The van der Waals surface area contributed by atoms with E-state index in [9.17, 15) is 9.18 Å². The Bertz CT molecular complexity index is 1180. The molecular formula is C23H18FN3O2. The van der Waals surface area contributed by atoms with Gasteiger partial charge in [0.2, 0.25) is 0 Å². The van der Waals surface area contributed by atoms with Gasteiger partial charge >= 0.3 is 0 Å². The lowest BCUT2D eigenvalue weighted by molar-refractivity contribution is 0.102. The Kier molecular flexibility index (Phi) is 4.91. The molecule has 2 heterocycles. The van der Waals surface area contributed by atoms with Gasteiger partial charge in [0.15, 0.2) is 11.6 Å². The molecule has 1 N–H and O–H groups in total. The van der Waals surface area contributed by atoms with E-state index in [-0.39, 0.29) is 5.56 Å². The molecule has 144 valence electrons. The summed E-state index contributed by atoms with van der Waals surface area (Å²) in [6.07, 6.45) is 2.40. The highest BCUT2D eigenvalue weighted by Gasteiger charge is 2.12. The standard InChI is InChI=1S/C23H18FN3O2/c1-14-3-4-17(22-11-15(2)27-29-22)12-20(14)16-5-7-18(8-6-16)26-23(28)19-9-10-25-13-21(19)24/h3-13H,1-2H3,(H,26,28). The van der Waals surface area contributed by atoms with Crippen molar-refractivity contribution in [3.05, 3.63) is 89.6 Å². The SMILES string of the molecule is Cc1cc(-c2ccc(C)c(-c3ccc(NC(=O)c4ccncc4F)cc3)c2)on1. The monoisotopic (exact) mass is 387 g/mol. The molecule has 4 aromatic rings. The van der Waals surface area contributed by atoms with Crippen LogP contribution in [0.2, 0.25) is 0 Å². The number of hydrogen-bond donors (Lipinski definition) is 1. The lowest BCUT2D eigenvalue weighted by Crippen LogP contribution is -2.13. The maximum absolute atomic E-state index is 13.7. The van der Waals surface area contributed by atoms with Gasteiger partial charge in [-0.15, -0.1) is 0 Å². The number of anilines is 1. The summed E-state index contributed by atoms with van der Waals surface area (Å²) in [5.74, 6) is -0.458. The molecule has 0 aliphatic heterocycles. The molecule has 0 saturated heterocycles. The molecule has 0 atom stereocenters. The number of pyridine rings is 1. The van der Waals surface area contributed by atoms with E-state index >= 15 is 0 Å². The van der Waals surface area contributed by atoms with Crippen molar-refractivity contribution in [3.8, 4) is 22.5 Å². The number of halogens is 1. The minimum absolute atomic E-state index is 0.0463. The number of nitrogens with zero attached hydrogens (tertiary/aromatic N) is 2. The van der Waals surface area contributed by atoms with Crippen LogP contribution in [0.25, 0.3) is 22.5 Å². The first-order chi connectivity index (χ1) is 14.0. The molecule has 2 aromatic heterocycles. The van der Waals surface area contributed by atoms with Crippen molar-refractivity contribution in [1.82, 2.24) is 10.1 Å². The fourth-order valence-corrected chi connectivity index (χ4v) is 3.08. The molecule has 2 aromatic carbocycles. The van der Waals surface area contributed by atoms with Crippen LogP contribution < -0.4 is 5.32 Å². The summed E-state index contributed by atoms with van der Waals surface area (Å²) in [7, 11) is 0. The van der Waals surface area contributed by atoms with E-state index in [1.165, 1.54) is 12.3 Å². The summed E-state index contributed by atoms with van der Waals surface area (Å²) in [6, 6.07) is 16.7. The zero-order valence-corrected chi connectivity index (χ0v) is 15.9. The van der Waals surface area contributed by atoms with Crippen LogP contribution in [-0.2, 0) is 0 Å². The van der Waals surface area contributed by atoms with Gasteiger partial charge in [-0.2, -0.15) is 0 Å². The fourth-order valence-electron chi connectivity index (χ4n) is 3.08. The van der Waals surface area contributed by atoms with Gasteiger partial charge in [0, 0.05) is 23.5 Å². The highest BCUT2D eigenvalue weighted by Crippen LogP contribution is 2.30. The summed E-state index contributed by atoms with van der Waals surface area (Å²) in [5, 5.41) is 6.64. The van der Waals surface area contributed by atoms with Crippen LogP contribution in [0.5, 0.6) is 0 Å². The van der Waals surface area contributed by atoms with Gasteiger partial charge in [-0.1, -0.05) is 29.4 Å². The van der Waals surface area contributed by atoms with Gasteiger partial charge in [0.05, 0.1) is 17.5 Å². The topological polar surface area (TPSA) is 68.0 Å². The van der Waals surface area contributed by atoms with E-state index in [0.717, 1.165) is 34.1 Å². The van der Waals surface area contributed by atoms with Crippen LogP contribution in [0.4, 0.5) is 10.1 Å². The van der Waals surface area contributed by atoms with Crippen molar-refractivity contribution >= 4 is 11.6 Å². The van der Waals surface area contributed by atoms with E-state index in [4.69, 9.17) is 4.52 Å². The van der Waals surface area contributed by atoms with Crippen molar-refractivity contribution < 1.29 is 13.7 Å². The lowest BCUT2D eigenvalue weighted by atomic mass is 9.97. The Balaban J connectivity index is 1.58. The minimum atomic E-state index is -0.656. The first kappa shape index (κ1) is 18.6. The largest absolute Gasteiger partial charge is 0.356 e. The molecule has 1 amide bonds. The van der Waals surface area contributed by atoms with E-state index in [2.05, 4.69) is 21.5 Å². The number of amides is 1. The van der Waals surface area contributed by atoms with Gasteiger partial charge in [0.1, 0.15) is 0 Å². The highest BCUT2D eigenvalue weighted by atomic mass is 19.1. The first-order valence-electron chi connectivity index (χ1n) is 9.07. The van der Waals surface area contributed by atoms with Crippen LogP contribution in [0.3, 0.4) is 0 Å². The third-order valence-corrected chi connectivity index (χ3v) is 4.62. The van der Waals surface area contributed by atoms with Gasteiger partial charge in [-0.25, -0.2) is 4.39 Å². The van der Waals surface area contributed by atoms with Crippen LogP contribution in [0, 0.1) is 19.7 Å². The van der Waals surface area contributed by atoms with Gasteiger partial charge < -0.3 is 9.84 Å². The van der Waals surface area contributed by atoms with Crippen molar-refractivity contribution in [2.24, 2.45) is 0 Å². The predicted octanol–water partition coefficient (Wildman–Crippen LogP) is 5.41. The molecule has 6 heteroatoms. The van der Waals surface area contributed by atoms with Gasteiger partial charge in [0.25, 0.3) is 5.91 Å². The van der Waals surface area contributed by atoms with E-state index < -0.39 is 11.7 Å². The van der Waals surface area contributed by atoms with Crippen LogP contribution in [0.15, 0.2) is 71.5 Å². The Morgan fingerprint density at radius 1 is 1.00 bits per heavy atom. The van der Waals surface area contributed by atoms with E-state index in [1.54, 1.807) is 12.1 Å². The van der Waals surface area contributed by atoms with Crippen molar-refractivity contribution in [1.29, 1.82) is 0 Å². The summed E-state index contributed by atoms with van der Waals surface area (Å²) in [5.41, 5.74) is 5.46. The molecule has 0 aliphatic rings. The van der Waals surface area contributed by atoms with Gasteiger partial charge in [-0.3, -0.25) is 9.78 Å². The molecule has 0 unspecified atom stereocenters. The number of carbonyl (C=O) groups is 1. The smallest absolute Gasteiger partial charge is 0.258 e. The minimum Gasteiger partial charge on any atom is -0.356 e. The second-order valence-electron chi connectivity index (χ2n) is 6.75. The molecule has 0 bridgehead atoms. The summed E-state index contributed by atoms with van der Waals surface area (Å²) in [6.45, 7) is 3.92. The Labute approximate surface area is 167 Å². The number of hydrogen-bond acceptors (Lipinski definition) is 4. The molecule has 0 aliphatic carbocycles. The molecule has 5 nitrogen and oxygen atoms in total. The van der Waals surface area contributed by atoms with Crippen LogP contribution >= 0.6 is 0 Å². The number of nitrogens with one attached hydrogen (secondary N) is 1. The normalized spacial score (nSPS) is 10.7. The number of rotatable bonds is 4. The quantitative estimate of drug-likeness (QED) is 0.508. The maximum Gasteiger partial charge on any atom is 0.258 e.